The lowest BCUT2D eigenvalue weighted by atomic mass is 10.2. The standard InChI is InChI=1S/C17H22N4O2S.ClH/c22-24(23,17-3-1-2-14-12-18-7-5-16(14)17)21-10-8-20(9-11-21)15-4-6-19-13-15;/h1-3,5,7,12,15,19H,4,6,8-11,13H2;1H. The van der Waals surface area contributed by atoms with Crippen LogP contribution in [0, 0.1) is 0 Å². The second kappa shape index (κ2) is 7.55. The van der Waals surface area contributed by atoms with Crippen LogP contribution in [0.1, 0.15) is 6.42 Å². The third-order valence-corrected chi connectivity index (χ3v) is 7.04. The van der Waals surface area contributed by atoms with E-state index in [1.807, 2.05) is 6.07 Å². The number of benzene rings is 1. The topological polar surface area (TPSA) is 65.5 Å². The number of rotatable bonds is 3. The Balaban J connectivity index is 0.00000182. The minimum atomic E-state index is -3.47. The first-order chi connectivity index (χ1) is 11.7. The summed E-state index contributed by atoms with van der Waals surface area (Å²) in [5.74, 6) is 0. The molecule has 3 heterocycles. The van der Waals surface area contributed by atoms with Crippen molar-refractivity contribution in [3.8, 4) is 0 Å². The van der Waals surface area contributed by atoms with Gasteiger partial charge in [-0.3, -0.25) is 9.88 Å². The van der Waals surface area contributed by atoms with E-state index in [-0.39, 0.29) is 12.4 Å². The van der Waals surface area contributed by atoms with E-state index in [4.69, 9.17) is 0 Å². The van der Waals surface area contributed by atoms with Crippen LogP contribution in [0.3, 0.4) is 0 Å². The molecule has 0 saturated carbocycles. The van der Waals surface area contributed by atoms with Gasteiger partial charge in [-0.2, -0.15) is 4.31 Å². The van der Waals surface area contributed by atoms with Gasteiger partial charge in [0.05, 0.1) is 4.90 Å². The molecule has 0 aliphatic carbocycles. The molecule has 136 valence electrons. The minimum Gasteiger partial charge on any atom is -0.315 e. The van der Waals surface area contributed by atoms with Crippen LogP contribution < -0.4 is 5.32 Å². The van der Waals surface area contributed by atoms with Crippen LogP contribution >= 0.6 is 12.4 Å². The summed E-state index contributed by atoms with van der Waals surface area (Å²) in [6, 6.07) is 7.72. The SMILES string of the molecule is Cl.O=S(=O)(c1cccc2cnccc12)N1CCN(C2CCNC2)CC1. The van der Waals surface area contributed by atoms with Crippen molar-refractivity contribution in [2.75, 3.05) is 39.3 Å². The largest absolute Gasteiger partial charge is 0.315 e. The molecule has 0 spiro atoms. The van der Waals surface area contributed by atoms with Gasteiger partial charge >= 0.3 is 0 Å². The van der Waals surface area contributed by atoms with E-state index in [1.165, 1.54) is 0 Å². The van der Waals surface area contributed by atoms with Gasteiger partial charge in [0.25, 0.3) is 0 Å². The summed E-state index contributed by atoms with van der Waals surface area (Å²) < 4.78 is 27.8. The summed E-state index contributed by atoms with van der Waals surface area (Å²) in [4.78, 5) is 6.88. The second-order valence-corrected chi connectivity index (χ2v) is 8.35. The van der Waals surface area contributed by atoms with Gasteiger partial charge in [-0.25, -0.2) is 8.42 Å². The molecule has 2 aliphatic rings. The number of aromatic nitrogens is 1. The zero-order valence-corrected chi connectivity index (χ0v) is 15.6. The molecule has 2 saturated heterocycles. The molecule has 1 aromatic carbocycles. The Kier molecular flexibility index (Phi) is 5.60. The summed E-state index contributed by atoms with van der Waals surface area (Å²) >= 11 is 0. The maximum absolute atomic E-state index is 13.1. The minimum absolute atomic E-state index is 0. The Morgan fingerprint density at radius 2 is 1.92 bits per heavy atom. The molecule has 1 N–H and O–H groups in total. The number of sulfonamides is 1. The van der Waals surface area contributed by atoms with E-state index in [0.717, 1.165) is 43.4 Å². The maximum Gasteiger partial charge on any atom is 0.243 e. The van der Waals surface area contributed by atoms with Crippen molar-refractivity contribution in [2.45, 2.75) is 17.4 Å². The van der Waals surface area contributed by atoms with E-state index in [1.54, 1.807) is 34.9 Å². The van der Waals surface area contributed by atoms with Crippen molar-refractivity contribution in [3.63, 3.8) is 0 Å². The van der Waals surface area contributed by atoms with Crippen molar-refractivity contribution in [1.29, 1.82) is 0 Å². The zero-order valence-electron chi connectivity index (χ0n) is 14.0. The molecule has 0 bridgehead atoms. The third kappa shape index (κ3) is 3.52. The lowest BCUT2D eigenvalue weighted by molar-refractivity contribution is 0.145. The number of halogens is 1. The van der Waals surface area contributed by atoms with Crippen LogP contribution in [-0.2, 0) is 10.0 Å². The molecule has 4 rings (SSSR count). The first-order valence-corrected chi connectivity index (χ1v) is 9.88. The molecule has 1 unspecified atom stereocenters. The Bertz CT molecular complexity index is 826. The van der Waals surface area contributed by atoms with E-state index in [0.29, 0.717) is 24.0 Å². The Labute approximate surface area is 154 Å². The molecule has 2 aromatic rings. The quantitative estimate of drug-likeness (QED) is 0.867. The van der Waals surface area contributed by atoms with Crippen LogP contribution in [0.2, 0.25) is 0 Å². The van der Waals surface area contributed by atoms with Crippen molar-refractivity contribution in [3.05, 3.63) is 36.7 Å². The summed E-state index contributed by atoms with van der Waals surface area (Å²) in [5.41, 5.74) is 0. The molecular weight excluding hydrogens is 360 g/mol. The number of pyridine rings is 1. The second-order valence-electron chi connectivity index (χ2n) is 6.44. The van der Waals surface area contributed by atoms with Crippen LogP contribution in [0.15, 0.2) is 41.6 Å². The molecule has 2 fully saturated rings. The first kappa shape index (κ1) is 18.5. The average Bonchev–Trinajstić information content (AvgIpc) is 3.16. The number of nitrogens with zero attached hydrogens (tertiary/aromatic N) is 3. The third-order valence-electron chi connectivity index (χ3n) is 5.08. The highest BCUT2D eigenvalue weighted by Crippen LogP contribution is 2.26. The van der Waals surface area contributed by atoms with Crippen LogP contribution in [0.5, 0.6) is 0 Å². The zero-order chi connectivity index (χ0) is 16.6. The van der Waals surface area contributed by atoms with Gasteiger partial charge in [-0.15, -0.1) is 12.4 Å². The summed E-state index contributed by atoms with van der Waals surface area (Å²) in [5, 5.41) is 4.98. The van der Waals surface area contributed by atoms with Crippen molar-refractivity contribution in [1.82, 2.24) is 19.5 Å². The highest BCUT2D eigenvalue weighted by molar-refractivity contribution is 7.89. The monoisotopic (exact) mass is 382 g/mol. The lowest BCUT2D eigenvalue weighted by Crippen LogP contribution is -2.52. The van der Waals surface area contributed by atoms with Crippen LogP contribution in [0.4, 0.5) is 0 Å². The fourth-order valence-electron chi connectivity index (χ4n) is 3.72. The molecule has 0 radical (unpaired) electrons. The highest BCUT2D eigenvalue weighted by Gasteiger charge is 2.32. The normalized spacial score (nSPS) is 22.8. The van der Waals surface area contributed by atoms with Crippen LogP contribution in [-0.4, -0.2) is 67.9 Å². The molecule has 6 nitrogen and oxygen atoms in total. The van der Waals surface area contributed by atoms with E-state index >= 15 is 0 Å². The smallest absolute Gasteiger partial charge is 0.243 e. The molecule has 1 atom stereocenters. The van der Waals surface area contributed by atoms with Gasteiger partial charge in [0.2, 0.25) is 10.0 Å². The summed E-state index contributed by atoms with van der Waals surface area (Å²) in [7, 11) is -3.47. The number of piperazine rings is 1. The van der Waals surface area contributed by atoms with E-state index < -0.39 is 10.0 Å². The predicted octanol–water partition coefficient (Wildman–Crippen LogP) is 1.32. The number of hydrogen-bond donors (Lipinski definition) is 1. The number of hydrogen-bond acceptors (Lipinski definition) is 5. The van der Waals surface area contributed by atoms with Crippen molar-refractivity contribution < 1.29 is 8.42 Å². The molecule has 8 heteroatoms. The fraction of sp³-hybridized carbons (Fsp3) is 0.471. The van der Waals surface area contributed by atoms with Gasteiger partial charge in [-0.1, -0.05) is 12.1 Å². The molecule has 0 amide bonds. The average molecular weight is 383 g/mol. The fourth-order valence-corrected chi connectivity index (χ4v) is 5.35. The van der Waals surface area contributed by atoms with E-state index in [2.05, 4.69) is 15.2 Å². The van der Waals surface area contributed by atoms with Gasteiger partial charge < -0.3 is 5.32 Å². The van der Waals surface area contributed by atoms with Gasteiger partial charge in [-0.05, 0) is 25.1 Å². The Hall–Kier alpha value is -1.25. The first-order valence-electron chi connectivity index (χ1n) is 8.44. The van der Waals surface area contributed by atoms with Gasteiger partial charge in [0.1, 0.15) is 0 Å². The Morgan fingerprint density at radius 1 is 1.12 bits per heavy atom. The number of fused-ring (bicyclic) bond motifs is 1. The predicted molar refractivity (Wildman–Crippen MR) is 101 cm³/mol. The molecular formula is C17H23ClN4O2S. The Morgan fingerprint density at radius 3 is 2.64 bits per heavy atom. The maximum atomic E-state index is 13.1. The number of nitrogens with one attached hydrogen (secondary N) is 1. The van der Waals surface area contributed by atoms with Gasteiger partial charge in [0, 0.05) is 61.9 Å². The highest BCUT2D eigenvalue weighted by atomic mass is 35.5. The van der Waals surface area contributed by atoms with Crippen molar-refractivity contribution >= 4 is 33.2 Å². The molecule has 2 aliphatic heterocycles. The van der Waals surface area contributed by atoms with Crippen LogP contribution in [0.25, 0.3) is 10.8 Å². The molecule has 1 aromatic heterocycles. The lowest BCUT2D eigenvalue weighted by Gasteiger charge is -2.37. The summed E-state index contributed by atoms with van der Waals surface area (Å²) in [6.45, 7) is 4.80. The van der Waals surface area contributed by atoms with E-state index in [9.17, 15) is 8.42 Å². The molecule has 25 heavy (non-hydrogen) atoms. The van der Waals surface area contributed by atoms with Gasteiger partial charge in [0.15, 0.2) is 0 Å². The van der Waals surface area contributed by atoms with Crippen molar-refractivity contribution in [2.24, 2.45) is 0 Å². The summed E-state index contributed by atoms with van der Waals surface area (Å²) in [6.07, 6.45) is 4.51.